The van der Waals surface area contributed by atoms with Crippen molar-refractivity contribution < 1.29 is 9.84 Å². The lowest BCUT2D eigenvalue weighted by Crippen LogP contribution is -2.40. The van der Waals surface area contributed by atoms with Crippen LogP contribution in [0.3, 0.4) is 0 Å². The zero-order valence-electron chi connectivity index (χ0n) is 15.4. The summed E-state index contributed by atoms with van der Waals surface area (Å²) in [5.74, 6) is 0.835. The molecule has 1 aliphatic rings. The molecule has 0 aromatic heterocycles. The summed E-state index contributed by atoms with van der Waals surface area (Å²) >= 11 is 0. The predicted octanol–water partition coefficient (Wildman–Crippen LogP) is 2.67. The molecule has 0 amide bonds. The Bertz CT molecular complexity index is 487. The molecular formula is C20H33N3O2. The molecular weight excluding hydrogens is 314 g/mol. The topological polar surface area (TPSA) is 65.9 Å². The molecule has 1 aromatic carbocycles. The van der Waals surface area contributed by atoms with E-state index in [9.17, 15) is 5.11 Å². The highest BCUT2D eigenvalue weighted by Crippen LogP contribution is 2.20. The Hall–Kier alpha value is -1.59. The maximum absolute atomic E-state index is 9.62. The molecule has 25 heavy (non-hydrogen) atoms. The molecule has 0 bridgehead atoms. The van der Waals surface area contributed by atoms with Crippen molar-refractivity contribution in [2.75, 3.05) is 33.4 Å². The van der Waals surface area contributed by atoms with Gasteiger partial charge in [0.05, 0.1) is 12.7 Å². The van der Waals surface area contributed by atoms with Gasteiger partial charge in [-0.15, -0.1) is 0 Å². The third-order valence-electron chi connectivity index (χ3n) is 4.75. The number of rotatable bonds is 9. The monoisotopic (exact) mass is 347 g/mol. The fourth-order valence-corrected chi connectivity index (χ4v) is 3.21. The van der Waals surface area contributed by atoms with E-state index in [1.54, 1.807) is 7.05 Å². The minimum absolute atomic E-state index is 0.0642. The molecule has 0 aliphatic heterocycles. The third-order valence-corrected chi connectivity index (χ3v) is 4.75. The Morgan fingerprint density at radius 3 is 2.64 bits per heavy atom. The summed E-state index contributed by atoms with van der Waals surface area (Å²) in [7, 11) is 1.77. The lowest BCUT2D eigenvalue weighted by atomic mass is 9.98. The number of hydrogen-bond acceptors (Lipinski definition) is 3. The average Bonchev–Trinajstić information content (AvgIpc) is 2.68. The molecule has 2 rings (SSSR count). The minimum Gasteiger partial charge on any atom is -0.396 e. The predicted molar refractivity (Wildman–Crippen MR) is 103 cm³/mol. The smallest absolute Gasteiger partial charge is 0.191 e. The maximum atomic E-state index is 9.62. The van der Waals surface area contributed by atoms with Crippen LogP contribution >= 0.6 is 0 Å². The molecule has 3 N–H and O–H groups in total. The SMILES string of the molecule is CN=C(NCCCOC1CCCCC1)NCC(CO)c1ccccc1. The highest BCUT2D eigenvalue weighted by atomic mass is 16.5. The molecule has 5 heteroatoms. The summed E-state index contributed by atoms with van der Waals surface area (Å²) in [4.78, 5) is 4.25. The molecule has 5 nitrogen and oxygen atoms in total. The van der Waals surface area contributed by atoms with Gasteiger partial charge in [0.2, 0.25) is 0 Å². The van der Waals surface area contributed by atoms with E-state index >= 15 is 0 Å². The first kappa shape index (κ1) is 19.7. The van der Waals surface area contributed by atoms with Crippen LogP contribution in [-0.2, 0) is 4.74 Å². The average molecular weight is 348 g/mol. The lowest BCUT2D eigenvalue weighted by molar-refractivity contribution is 0.0277. The van der Waals surface area contributed by atoms with Crippen molar-refractivity contribution in [3.8, 4) is 0 Å². The second-order valence-corrected chi connectivity index (χ2v) is 6.65. The van der Waals surface area contributed by atoms with Crippen molar-refractivity contribution >= 4 is 5.96 Å². The van der Waals surface area contributed by atoms with Gasteiger partial charge < -0.3 is 20.5 Å². The first-order valence-corrected chi connectivity index (χ1v) is 9.55. The fraction of sp³-hybridized carbons (Fsp3) is 0.650. The molecule has 0 spiro atoms. The van der Waals surface area contributed by atoms with Crippen molar-refractivity contribution in [2.24, 2.45) is 4.99 Å². The molecule has 1 fully saturated rings. The number of ether oxygens (including phenoxy) is 1. The number of hydrogen-bond donors (Lipinski definition) is 3. The summed E-state index contributed by atoms with van der Waals surface area (Å²) in [5, 5.41) is 16.2. The van der Waals surface area contributed by atoms with Crippen molar-refractivity contribution in [3.63, 3.8) is 0 Å². The normalized spacial score (nSPS) is 17.3. The largest absolute Gasteiger partial charge is 0.396 e. The van der Waals surface area contributed by atoms with Crippen LogP contribution in [0.15, 0.2) is 35.3 Å². The third kappa shape index (κ3) is 7.45. The molecule has 1 saturated carbocycles. The van der Waals surface area contributed by atoms with Gasteiger partial charge in [-0.25, -0.2) is 0 Å². The zero-order valence-corrected chi connectivity index (χ0v) is 15.4. The summed E-state index contributed by atoms with van der Waals surface area (Å²) < 4.78 is 5.94. The molecule has 0 saturated heterocycles. The Labute approximate surface area is 151 Å². The molecule has 1 unspecified atom stereocenters. The molecule has 140 valence electrons. The van der Waals surface area contributed by atoms with Gasteiger partial charge in [0, 0.05) is 32.7 Å². The zero-order chi connectivity index (χ0) is 17.7. The number of guanidine groups is 1. The molecule has 0 heterocycles. The summed E-state index contributed by atoms with van der Waals surface area (Å²) in [6, 6.07) is 10.1. The Balaban J connectivity index is 1.61. The number of aliphatic imine (C=N–C) groups is 1. The molecule has 1 aromatic rings. The number of aliphatic hydroxyl groups excluding tert-OH is 1. The Morgan fingerprint density at radius 1 is 1.20 bits per heavy atom. The van der Waals surface area contributed by atoms with Crippen LogP contribution in [0, 0.1) is 0 Å². The van der Waals surface area contributed by atoms with Crippen molar-refractivity contribution in [2.45, 2.75) is 50.5 Å². The summed E-state index contributed by atoms with van der Waals surface area (Å²) in [5.41, 5.74) is 1.13. The van der Waals surface area contributed by atoms with Crippen molar-refractivity contribution in [1.82, 2.24) is 10.6 Å². The van der Waals surface area contributed by atoms with Crippen LogP contribution in [0.2, 0.25) is 0 Å². The minimum atomic E-state index is 0.0642. The number of nitrogens with one attached hydrogen (secondary N) is 2. The van der Waals surface area contributed by atoms with E-state index in [0.717, 1.165) is 31.1 Å². The van der Waals surface area contributed by atoms with E-state index in [0.29, 0.717) is 12.6 Å². The van der Waals surface area contributed by atoms with Gasteiger partial charge >= 0.3 is 0 Å². The molecule has 1 aliphatic carbocycles. The van der Waals surface area contributed by atoms with E-state index in [1.165, 1.54) is 32.1 Å². The summed E-state index contributed by atoms with van der Waals surface area (Å²) in [6.45, 7) is 2.40. The highest BCUT2D eigenvalue weighted by molar-refractivity contribution is 5.79. The van der Waals surface area contributed by atoms with E-state index in [4.69, 9.17) is 4.74 Å². The Kier molecular flexibility index (Phi) is 9.37. The van der Waals surface area contributed by atoms with Gasteiger partial charge in [-0.3, -0.25) is 4.99 Å². The van der Waals surface area contributed by atoms with Crippen LogP contribution in [0.5, 0.6) is 0 Å². The second-order valence-electron chi connectivity index (χ2n) is 6.65. The first-order chi connectivity index (χ1) is 12.3. The van der Waals surface area contributed by atoms with Gasteiger partial charge in [0.1, 0.15) is 0 Å². The quantitative estimate of drug-likeness (QED) is 0.365. The van der Waals surface area contributed by atoms with E-state index in [-0.39, 0.29) is 12.5 Å². The van der Waals surface area contributed by atoms with Crippen LogP contribution in [0.25, 0.3) is 0 Å². The van der Waals surface area contributed by atoms with Crippen molar-refractivity contribution in [1.29, 1.82) is 0 Å². The van der Waals surface area contributed by atoms with Crippen LogP contribution in [0.4, 0.5) is 0 Å². The van der Waals surface area contributed by atoms with E-state index in [1.807, 2.05) is 30.3 Å². The van der Waals surface area contributed by atoms with Crippen LogP contribution in [-0.4, -0.2) is 50.5 Å². The molecule has 0 radical (unpaired) electrons. The molecule has 1 atom stereocenters. The second kappa shape index (κ2) is 11.9. The number of benzene rings is 1. The Morgan fingerprint density at radius 2 is 1.96 bits per heavy atom. The van der Waals surface area contributed by atoms with Gasteiger partial charge in [-0.2, -0.15) is 0 Å². The van der Waals surface area contributed by atoms with E-state index in [2.05, 4.69) is 15.6 Å². The van der Waals surface area contributed by atoms with Gasteiger partial charge in [-0.1, -0.05) is 49.6 Å². The highest BCUT2D eigenvalue weighted by Gasteiger charge is 2.13. The maximum Gasteiger partial charge on any atom is 0.191 e. The standard InChI is InChI=1S/C20H33N3O2/c1-21-20(22-13-8-14-25-19-11-6-3-7-12-19)23-15-18(16-24)17-9-4-2-5-10-17/h2,4-5,9-10,18-19,24H,3,6-8,11-16H2,1H3,(H2,21,22,23). The van der Waals surface area contributed by atoms with E-state index < -0.39 is 0 Å². The first-order valence-electron chi connectivity index (χ1n) is 9.55. The number of aliphatic hydroxyl groups is 1. The van der Waals surface area contributed by atoms with Gasteiger partial charge in [0.25, 0.3) is 0 Å². The van der Waals surface area contributed by atoms with Crippen molar-refractivity contribution in [3.05, 3.63) is 35.9 Å². The lowest BCUT2D eigenvalue weighted by Gasteiger charge is -2.22. The summed E-state index contributed by atoms with van der Waals surface area (Å²) in [6.07, 6.45) is 7.87. The number of nitrogens with zero attached hydrogens (tertiary/aromatic N) is 1. The van der Waals surface area contributed by atoms with Crippen LogP contribution in [0.1, 0.15) is 50.0 Å². The van der Waals surface area contributed by atoms with Crippen LogP contribution < -0.4 is 10.6 Å². The fourth-order valence-electron chi connectivity index (χ4n) is 3.21. The van der Waals surface area contributed by atoms with Gasteiger partial charge in [0.15, 0.2) is 5.96 Å². The van der Waals surface area contributed by atoms with Gasteiger partial charge in [-0.05, 0) is 24.8 Å².